The molecule has 0 saturated heterocycles. The number of hydrogen-bond donors (Lipinski definition) is 3. The second kappa shape index (κ2) is 11.7. The van der Waals surface area contributed by atoms with Gasteiger partial charge in [-0.15, -0.1) is 0 Å². The predicted molar refractivity (Wildman–Crippen MR) is 106 cm³/mol. The fourth-order valence-corrected chi connectivity index (χ4v) is 2.43. The minimum Gasteiger partial charge on any atom is -0.484 e. The van der Waals surface area contributed by atoms with Crippen LogP contribution in [0.15, 0.2) is 36.5 Å². The first kappa shape index (κ1) is 23.1. The lowest BCUT2D eigenvalue weighted by atomic mass is 10.1. The van der Waals surface area contributed by atoms with Crippen molar-refractivity contribution in [2.24, 2.45) is 0 Å². The van der Waals surface area contributed by atoms with Crippen LogP contribution in [0.2, 0.25) is 5.02 Å². The van der Waals surface area contributed by atoms with Gasteiger partial charge in [-0.3, -0.25) is 14.6 Å². The summed E-state index contributed by atoms with van der Waals surface area (Å²) in [5, 5.41) is 23.7. The van der Waals surface area contributed by atoms with Crippen molar-refractivity contribution in [2.45, 2.75) is 25.5 Å². The van der Waals surface area contributed by atoms with Crippen molar-refractivity contribution in [1.29, 1.82) is 5.26 Å². The van der Waals surface area contributed by atoms with Crippen LogP contribution >= 0.6 is 11.6 Å². The molecule has 0 fully saturated rings. The zero-order valence-electron chi connectivity index (χ0n) is 15.9. The third-order valence-electron chi connectivity index (χ3n) is 3.90. The Hall–Kier alpha value is -3.22. The van der Waals surface area contributed by atoms with E-state index in [1.807, 2.05) is 6.07 Å². The smallest absolute Gasteiger partial charge is 0.257 e. The number of aromatic nitrogens is 1. The lowest BCUT2D eigenvalue weighted by Gasteiger charge is -2.12. The summed E-state index contributed by atoms with van der Waals surface area (Å²) < 4.78 is 18.4. The van der Waals surface area contributed by atoms with Crippen LogP contribution in [0, 0.1) is 17.1 Å². The number of carbonyl (C=O) groups is 2. The third kappa shape index (κ3) is 8.03. The summed E-state index contributed by atoms with van der Waals surface area (Å²) in [6.45, 7) is -0.00529. The van der Waals surface area contributed by atoms with Crippen molar-refractivity contribution in [2.75, 3.05) is 13.2 Å². The molecule has 2 amide bonds. The zero-order valence-corrected chi connectivity index (χ0v) is 16.7. The van der Waals surface area contributed by atoms with Crippen LogP contribution < -0.4 is 15.4 Å². The number of carbonyl (C=O) groups excluding carboxylic acids is 2. The molecule has 0 aliphatic rings. The molecule has 158 valence electrons. The molecule has 1 aromatic heterocycles. The molecule has 30 heavy (non-hydrogen) atoms. The average Bonchev–Trinajstić information content (AvgIpc) is 2.73. The topological polar surface area (TPSA) is 124 Å². The van der Waals surface area contributed by atoms with Gasteiger partial charge in [-0.1, -0.05) is 11.6 Å². The maximum atomic E-state index is 13.3. The van der Waals surface area contributed by atoms with Crippen LogP contribution in [-0.2, 0) is 16.1 Å². The summed E-state index contributed by atoms with van der Waals surface area (Å²) in [4.78, 5) is 27.6. The van der Waals surface area contributed by atoms with Crippen LogP contribution in [0.1, 0.15) is 24.1 Å². The van der Waals surface area contributed by atoms with Crippen LogP contribution in [0.4, 0.5) is 4.39 Å². The number of aliphatic hydroxyl groups excluding tert-OH is 1. The van der Waals surface area contributed by atoms with Crippen molar-refractivity contribution in [1.82, 2.24) is 15.6 Å². The van der Waals surface area contributed by atoms with Gasteiger partial charge in [-0.25, -0.2) is 4.39 Å². The predicted octanol–water partition coefficient (Wildman–Crippen LogP) is 1.70. The zero-order chi connectivity index (χ0) is 21.9. The number of nitrogens with zero attached hydrogens (tertiary/aromatic N) is 2. The maximum Gasteiger partial charge on any atom is 0.257 e. The van der Waals surface area contributed by atoms with Crippen molar-refractivity contribution < 1.29 is 23.8 Å². The Bertz CT molecular complexity index is 918. The van der Waals surface area contributed by atoms with E-state index >= 15 is 0 Å². The third-order valence-corrected chi connectivity index (χ3v) is 4.21. The van der Waals surface area contributed by atoms with Gasteiger partial charge in [0.15, 0.2) is 6.61 Å². The number of rotatable bonds is 10. The summed E-state index contributed by atoms with van der Waals surface area (Å²) in [7, 11) is 0. The van der Waals surface area contributed by atoms with Gasteiger partial charge in [0.2, 0.25) is 5.91 Å². The lowest BCUT2D eigenvalue weighted by Crippen LogP contribution is -2.33. The van der Waals surface area contributed by atoms with Gasteiger partial charge in [-0.05, 0) is 30.7 Å². The maximum absolute atomic E-state index is 13.3. The molecular weight excluding hydrogens is 415 g/mol. The number of halogens is 2. The summed E-state index contributed by atoms with van der Waals surface area (Å²) >= 11 is 5.56. The van der Waals surface area contributed by atoms with Crippen molar-refractivity contribution in [3.8, 4) is 11.8 Å². The van der Waals surface area contributed by atoms with E-state index in [2.05, 4.69) is 15.6 Å². The van der Waals surface area contributed by atoms with Crippen molar-refractivity contribution in [3.63, 3.8) is 0 Å². The van der Waals surface area contributed by atoms with E-state index in [9.17, 15) is 19.1 Å². The number of nitriles is 1. The number of amides is 2. The van der Waals surface area contributed by atoms with E-state index in [1.54, 1.807) is 12.1 Å². The fraction of sp³-hybridized carbons (Fsp3) is 0.300. The van der Waals surface area contributed by atoms with Gasteiger partial charge in [0.1, 0.15) is 17.6 Å². The van der Waals surface area contributed by atoms with E-state index in [1.165, 1.54) is 18.3 Å². The highest BCUT2D eigenvalue weighted by Gasteiger charge is 2.12. The highest BCUT2D eigenvalue weighted by Crippen LogP contribution is 2.20. The Balaban J connectivity index is 1.60. The molecule has 1 unspecified atom stereocenters. The van der Waals surface area contributed by atoms with E-state index < -0.39 is 17.8 Å². The van der Waals surface area contributed by atoms with Gasteiger partial charge >= 0.3 is 0 Å². The first-order chi connectivity index (χ1) is 14.4. The molecule has 0 aliphatic heterocycles. The van der Waals surface area contributed by atoms with Crippen LogP contribution in [0.25, 0.3) is 0 Å². The van der Waals surface area contributed by atoms with Gasteiger partial charge in [-0.2, -0.15) is 5.26 Å². The monoisotopic (exact) mass is 434 g/mol. The quantitative estimate of drug-likeness (QED) is 0.522. The van der Waals surface area contributed by atoms with Crippen molar-refractivity contribution in [3.05, 3.63) is 58.6 Å². The first-order valence-electron chi connectivity index (χ1n) is 9.01. The molecule has 0 bridgehead atoms. The number of nitrogens with one attached hydrogen (secondary N) is 2. The Morgan fingerprint density at radius 3 is 2.73 bits per heavy atom. The second-order valence-corrected chi connectivity index (χ2v) is 6.70. The molecule has 8 nitrogen and oxygen atoms in total. The van der Waals surface area contributed by atoms with Crippen LogP contribution in [-0.4, -0.2) is 41.2 Å². The number of hydrogen-bond acceptors (Lipinski definition) is 6. The Labute approximate surface area is 177 Å². The number of aliphatic hydroxyl groups is 1. The molecule has 10 heteroatoms. The van der Waals surface area contributed by atoms with E-state index in [-0.39, 0.29) is 49.2 Å². The van der Waals surface area contributed by atoms with Crippen molar-refractivity contribution >= 4 is 23.4 Å². The molecule has 0 radical (unpaired) electrons. The Kier molecular flexibility index (Phi) is 9.00. The standard InChI is InChI=1S/C20H20ClFN4O4/c21-17-4-3-16(8-18(17)22)30-12-20(29)24-6-5-15(27)7-19(28)26-11-14-2-1-13(9-23)10-25-14/h1-4,8,10,15,27H,5-7,11-12H2,(H,24,29)(H,26,28). The number of ether oxygens (including phenoxy) is 1. The molecule has 2 rings (SSSR count). The molecule has 1 heterocycles. The van der Waals surface area contributed by atoms with Gasteiger partial charge < -0.3 is 20.5 Å². The minimum atomic E-state index is -0.939. The van der Waals surface area contributed by atoms with Crippen LogP contribution in [0.5, 0.6) is 5.75 Å². The summed E-state index contributed by atoms with van der Waals surface area (Å²) in [6, 6.07) is 9.02. The molecular formula is C20H20ClFN4O4. The van der Waals surface area contributed by atoms with E-state index in [0.717, 1.165) is 6.07 Å². The highest BCUT2D eigenvalue weighted by molar-refractivity contribution is 6.30. The van der Waals surface area contributed by atoms with Gasteiger partial charge in [0.05, 0.1) is 35.3 Å². The molecule has 0 aliphatic carbocycles. The summed E-state index contributed by atoms with van der Waals surface area (Å²) in [5.74, 6) is -1.30. The Morgan fingerprint density at radius 1 is 1.27 bits per heavy atom. The molecule has 0 saturated carbocycles. The molecule has 2 aromatic rings. The number of pyridine rings is 1. The minimum absolute atomic E-state index is 0.0435. The van der Waals surface area contributed by atoms with Crippen LogP contribution in [0.3, 0.4) is 0 Å². The normalized spacial score (nSPS) is 11.3. The summed E-state index contributed by atoms with van der Waals surface area (Å²) in [6.07, 6.45) is 0.508. The SMILES string of the molecule is N#Cc1ccc(CNC(=O)CC(O)CCNC(=O)COc2ccc(Cl)c(F)c2)nc1. The molecule has 3 N–H and O–H groups in total. The van der Waals surface area contributed by atoms with Gasteiger partial charge in [0, 0.05) is 18.8 Å². The second-order valence-electron chi connectivity index (χ2n) is 6.29. The van der Waals surface area contributed by atoms with E-state index in [4.69, 9.17) is 21.6 Å². The largest absolute Gasteiger partial charge is 0.484 e. The first-order valence-corrected chi connectivity index (χ1v) is 9.39. The number of benzene rings is 1. The molecule has 1 aromatic carbocycles. The van der Waals surface area contributed by atoms with E-state index in [0.29, 0.717) is 11.3 Å². The lowest BCUT2D eigenvalue weighted by molar-refractivity contribution is -0.123. The average molecular weight is 435 g/mol. The van der Waals surface area contributed by atoms with Gasteiger partial charge in [0.25, 0.3) is 5.91 Å². The summed E-state index contributed by atoms with van der Waals surface area (Å²) in [5.41, 5.74) is 1.01. The Morgan fingerprint density at radius 2 is 2.07 bits per heavy atom. The molecule has 0 spiro atoms. The highest BCUT2D eigenvalue weighted by atomic mass is 35.5. The molecule has 1 atom stereocenters. The fourth-order valence-electron chi connectivity index (χ4n) is 2.32.